The number of aryl methyl sites for hydroxylation is 2. The van der Waals surface area contributed by atoms with Crippen molar-refractivity contribution in [2.45, 2.75) is 64.8 Å². The van der Waals surface area contributed by atoms with E-state index in [1.807, 2.05) is 0 Å². The van der Waals surface area contributed by atoms with E-state index in [-0.39, 0.29) is 78.6 Å². The van der Waals surface area contributed by atoms with E-state index in [1.54, 1.807) is 27.8 Å². The van der Waals surface area contributed by atoms with Crippen molar-refractivity contribution in [1.29, 1.82) is 0 Å². The third-order valence-corrected chi connectivity index (χ3v) is 8.36. The first-order valence-electron chi connectivity index (χ1n) is 16.2. The normalized spacial score (nSPS) is 18.8. The zero-order chi connectivity index (χ0) is 36.6. The molecule has 21 nitrogen and oxygen atoms in total. The Hall–Kier alpha value is -5.80. The van der Waals surface area contributed by atoms with Crippen LogP contribution in [-0.4, -0.2) is 108 Å². The Kier molecular flexibility index (Phi) is 9.76. The quantitative estimate of drug-likeness (QED) is 0.0661. The van der Waals surface area contributed by atoms with Gasteiger partial charge in [-0.2, -0.15) is 9.97 Å². The van der Waals surface area contributed by atoms with Gasteiger partial charge in [-0.05, 0) is 26.3 Å². The summed E-state index contributed by atoms with van der Waals surface area (Å²) in [4.78, 5) is 76.7. The van der Waals surface area contributed by atoms with E-state index in [4.69, 9.17) is 15.2 Å². The molecule has 6 rings (SSSR count). The maximum atomic E-state index is 13.2. The smallest absolute Gasteiger partial charge is 0.332 e. The van der Waals surface area contributed by atoms with Gasteiger partial charge in [0.05, 0.1) is 12.9 Å². The molecule has 1 fully saturated rings. The van der Waals surface area contributed by atoms with Crippen molar-refractivity contribution >= 4 is 45.8 Å². The molecule has 5 aromatic rings. The first-order valence-corrected chi connectivity index (χ1v) is 16.2. The number of nitrogens with one attached hydrogen (secondary N) is 2. The Morgan fingerprint density at radius 1 is 1.00 bits per heavy atom. The average molecular weight is 708 g/mol. The third-order valence-electron chi connectivity index (χ3n) is 8.36. The molecule has 0 bridgehead atoms. The molecule has 1 amide bonds. The minimum absolute atomic E-state index is 0.0288. The van der Waals surface area contributed by atoms with Crippen molar-refractivity contribution in [2.75, 3.05) is 30.7 Å². The molecule has 270 valence electrons. The molecule has 6 heterocycles. The van der Waals surface area contributed by atoms with Gasteiger partial charge in [0.2, 0.25) is 11.7 Å². The number of ketones is 1. The number of nitrogens with zero attached hydrogens (tertiary/aromatic N) is 10. The third kappa shape index (κ3) is 6.37. The van der Waals surface area contributed by atoms with Crippen LogP contribution in [0.25, 0.3) is 22.3 Å². The standard InChI is InChI=1S/C30H37N13O8/c1-5-32-25(47)20-18(45)19(46)27(51-20)43-13-36-16-21(31)37-28(39-23(16)43)33-8-9-50-29-34-11-14(12-35-29)10-15(44)22-38-24-17(40(22)4)26(48)42(7-3)30(49)41(24)6-2/h11-13,18-20,27,45-46H,5-10H2,1-4H3,(H,32,47)(H3,31,33,37,39)/t18-,19+,20?,27+/m0/s1. The number of hydrogen-bond acceptors (Lipinski definition) is 16. The lowest BCUT2D eigenvalue weighted by molar-refractivity contribution is -0.137. The number of aliphatic hydroxyl groups excluding tert-OH is 2. The van der Waals surface area contributed by atoms with E-state index >= 15 is 0 Å². The molecule has 0 aliphatic carbocycles. The Morgan fingerprint density at radius 2 is 1.73 bits per heavy atom. The van der Waals surface area contributed by atoms with Crippen LogP contribution in [0.15, 0.2) is 28.3 Å². The van der Waals surface area contributed by atoms with Gasteiger partial charge in [-0.3, -0.25) is 28.1 Å². The molecule has 0 saturated carbocycles. The van der Waals surface area contributed by atoms with E-state index in [0.717, 1.165) is 4.57 Å². The van der Waals surface area contributed by atoms with Gasteiger partial charge in [-0.15, -0.1) is 0 Å². The van der Waals surface area contributed by atoms with Crippen LogP contribution in [0.5, 0.6) is 6.01 Å². The second-order valence-electron chi connectivity index (χ2n) is 11.6. The molecule has 6 N–H and O–H groups in total. The number of nitrogen functional groups attached to an aromatic ring is 1. The number of anilines is 2. The second-order valence-corrected chi connectivity index (χ2v) is 11.6. The highest BCUT2D eigenvalue weighted by atomic mass is 16.6. The van der Waals surface area contributed by atoms with Crippen LogP contribution in [0.2, 0.25) is 0 Å². The van der Waals surface area contributed by atoms with Gasteiger partial charge >= 0.3 is 11.7 Å². The summed E-state index contributed by atoms with van der Waals surface area (Å²) in [5.74, 6) is -0.772. The highest BCUT2D eigenvalue weighted by molar-refractivity contribution is 5.97. The van der Waals surface area contributed by atoms with Crippen molar-refractivity contribution in [2.24, 2.45) is 7.05 Å². The Balaban J connectivity index is 1.08. The number of nitrogens with two attached hydrogens (primary N) is 1. The number of amides is 1. The predicted octanol–water partition coefficient (Wildman–Crippen LogP) is -1.88. The van der Waals surface area contributed by atoms with Crippen LogP contribution in [0.3, 0.4) is 0 Å². The molecule has 1 aliphatic rings. The summed E-state index contributed by atoms with van der Waals surface area (Å²) in [5.41, 5.74) is 6.34. The number of rotatable bonds is 13. The number of aliphatic hydroxyl groups is 2. The Bertz CT molecular complexity index is 2230. The lowest BCUT2D eigenvalue weighted by atomic mass is 10.1. The fourth-order valence-electron chi connectivity index (χ4n) is 5.84. The highest BCUT2D eigenvalue weighted by Crippen LogP contribution is 2.32. The fraction of sp³-hybridized carbons (Fsp3) is 0.467. The summed E-state index contributed by atoms with van der Waals surface area (Å²) in [6.07, 6.45) is -1.29. The summed E-state index contributed by atoms with van der Waals surface area (Å²) in [5, 5.41) is 26.6. The largest absolute Gasteiger partial charge is 0.462 e. The van der Waals surface area contributed by atoms with Crippen LogP contribution in [0.1, 0.15) is 43.2 Å². The van der Waals surface area contributed by atoms with Crippen LogP contribution in [0, 0.1) is 0 Å². The number of imidazole rings is 2. The van der Waals surface area contributed by atoms with E-state index in [1.165, 1.54) is 32.4 Å². The highest BCUT2D eigenvalue weighted by Gasteiger charge is 2.47. The number of likely N-dealkylation sites (N-methyl/N-ethyl adjacent to an activating group) is 1. The molecule has 0 aromatic carbocycles. The minimum Gasteiger partial charge on any atom is -0.462 e. The molecular weight excluding hydrogens is 670 g/mol. The van der Waals surface area contributed by atoms with E-state index in [9.17, 15) is 29.4 Å². The van der Waals surface area contributed by atoms with Crippen LogP contribution >= 0.6 is 0 Å². The predicted molar refractivity (Wildman–Crippen MR) is 179 cm³/mol. The fourth-order valence-corrected chi connectivity index (χ4v) is 5.84. The maximum Gasteiger partial charge on any atom is 0.332 e. The lowest BCUT2D eigenvalue weighted by Gasteiger charge is -2.16. The zero-order valence-corrected chi connectivity index (χ0v) is 28.2. The molecule has 0 radical (unpaired) electrons. The lowest BCUT2D eigenvalue weighted by Crippen LogP contribution is -2.42. The van der Waals surface area contributed by atoms with E-state index in [2.05, 4.69) is 40.5 Å². The Labute approximate surface area is 288 Å². The number of ether oxygens (including phenoxy) is 2. The first kappa shape index (κ1) is 35.0. The van der Waals surface area contributed by atoms with Gasteiger partial charge in [0.15, 0.2) is 40.8 Å². The molecule has 51 heavy (non-hydrogen) atoms. The summed E-state index contributed by atoms with van der Waals surface area (Å²) < 4.78 is 16.5. The van der Waals surface area contributed by atoms with Gasteiger partial charge in [0.1, 0.15) is 24.3 Å². The van der Waals surface area contributed by atoms with Gasteiger partial charge < -0.3 is 40.6 Å². The van der Waals surface area contributed by atoms with Crippen LogP contribution in [0.4, 0.5) is 11.8 Å². The molecule has 1 saturated heterocycles. The first-order chi connectivity index (χ1) is 24.5. The molecule has 0 spiro atoms. The SMILES string of the molecule is CCNC(=O)C1O[C@@H](n2cnc3c(N)nc(NCCOc4ncc(CC(=O)c5nc6c(c(=O)n(CC)c(=O)n6CC)n5C)cn4)nc32)[C@H](O)[C@@H]1O. The molecule has 4 atom stereocenters. The van der Waals surface area contributed by atoms with Crippen LogP contribution in [-0.2, 0) is 36.1 Å². The van der Waals surface area contributed by atoms with Gasteiger partial charge in [-0.1, -0.05) is 0 Å². The van der Waals surface area contributed by atoms with Crippen molar-refractivity contribution < 1.29 is 29.3 Å². The van der Waals surface area contributed by atoms with E-state index < -0.39 is 47.5 Å². The number of hydrogen-bond donors (Lipinski definition) is 5. The topological polar surface area (TPSA) is 274 Å². The van der Waals surface area contributed by atoms with Crippen molar-refractivity contribution in [1.82, 2.24) is 53.5 Å². The summed E-state index contributed by atoms with van der Waals surface area (Å²) in [7, 11) is 1.56. The van der Waals surface area contributed by atoms with Crippen molar-refractivity contribution in [3.8, 4) is 6.01 Å². The maximum absolute atomic E-state index is 13.2. The number of Topliss-reactive ketones (excluding diaryl/α,β-unsaturated/α-hetero) is 1. The molecule has 1 unspecified atom stereocenters. The number of fused-ring (bicyclic) bond motifs is 2. The van der Waals surface area contributed by atoms with Crippen molar-refractivity contribution in [3.05, 3.63) is 50.9 Å². The second kappa shape index (κ2) is 14.2. The number of carbonyl (C=O) groups is 2. The van der Waals surface area contributed by atoms with Gasteiger partial charge in [0, 0.05) is 45.5 Å². The molecule has 5 aromatic heterocycles. The monoisotopic (exact) mass is 707 g/mol. The van der Waals surface area contributed by atoms with Gasteiger partial charge in [0.25, 0.3) is 11.5 Å². The average Bonchev–Trinajstić information content (AvgIpc) is 3.78. The summed E-state index contributed by atoms with van der Waals surface area (Å²) in [6, 6.07) is 0.0457. The molecule has 21 heteroatoms. The molecular formula is C30H37N13O8. The summed E-state index contributed by atoms with van der Waals surface area (Å²) in [6.45, 7) is 6.24. The summed E-state index contributed by atoms with van der Waals surface area (Å²) >= 11 is 0. The van der Waals surface area contributed by atoms with Crippen LogP contribution < -0.4 is 32.4 Å². The zero-order valence-electron chi connectivity index (χ0n) is 28.2. The number of aromatic nitrogens is 10. The van der Waals surface area contributed by atoms with E-state index in [0.29, 0.717) is 12.1 Å². The Morgan fingerprint density at radius 3 is 2.41 bits per heavy atom. The number of carbonyl (C=O) groups excluding carboxylic acids is 2. The van der Waals surface area contributed by atoms with Gasteiger partial charge in [-0.25, -0.2) is 24.7 Å². The minimum atomic E-state index is -1.48. The van der Waals surface area contributed by atoms with Crippen molar-refractivity contribution in [3.63, 3.8) is 0 Å². The molecule has 1 aliphatic heterocycles.